The van der Waals surface area contributed by atoms with Crippen molar-refractivity contribution in [1.82, 2.24) is 10.1 Å². The van der Waals surface area contributed by atoms with Crippen molar-refractivity contribution in [2.45, 2.75) is 0 Å². The van der Waals surface area contributed by atoms with Gasteiger partial charge in [-0.15, -0.1) is 11.3 Å². The molecule has 0 spiro atoms. The number of carbonyl (C=O) groups excluding carboxylic acids is 1. The third-order valence-electron chi connectivity index (χ3n) is 3.53. The van der Waals surface area contributed by atoms with Crippen LogP contribution in [0.15, 0.2) is 75.2 Å². The van der Waals surface area contributed by atoms with Gasteiger partial charge in [0.25, 0.3) is 5.89 Å². The molecule has 3 heterocycles. The van der Waals surface area contributed by atoms with Crippen LogP contribution in [0.2, 0.25) is 0 Å². The summed E-state index contributed by atoms with van der Waals surface area (Å²) in [5.41, 5.74) is 1.24. The van der Waals surface area contributed by atoms with Crippen LogP contribution in [0.3, 0.4) is 0 Å². The normalized spacial score (nSPS) is 11.1. The van der Waals surface area contributed by atoms with Crippen LogP contribution >= 0.6 is 11.3 Å². The number of thiophene rings is 1. The van der Waals surface area contributed by atoms with Crippen LogP contribution in [0, 0.1) is 0 Å². The molecule has 1 N–H and O–H groups in total. The van der Waals surface area contributed by atoms with E-state index in [1.807, 2.05) is 35.7 Å². The largest absolute Gasteiger partial charge is 0.465 e. The van der Waals surface area contributed by atoms with Gasteiger partial charge >= 0.3 is 0 Å². The first-order valence-corrected chi connectivity index (χ1v) is 8.67. The summed E-state index contributed by atoms with van der Waals surface area (Å²) in [6.07, 6.45) is 4.55. The molecule has 128 valence electrons. The fourth-order valence-electron chi connectivity index (χ4n) is 2.34. The monoisotopic (exact) mass is 363 g/mol. The topological polar surface area (TPSA) is 81.2 Å². The van der Waals surface area contributed by atoms with Gasteiger partial charge in [-0.2, -0.15) is 4.98 Å². The number of furan rings is 1. The SMILES string of the molecule is O=C(/C=C/c1ccco1)Nc1ccccc1-c1nc(-c2cccs2)no1. The Balaban J connectivity index is 1.56. The van der Waals surface area contributed by atoms with Crippen molar-refractivity contribution in [2.75, 3.05) is 5.32 Å². The van der Waals surface area contributed by atoms with Crippen LogP contribution in [0.1, 0.15) is 5.76 Å². The highest BCUT2D eigenvalue weighted by atomic mass is 32.1. The molecule has 0 unspecified atom stereocenters. The summed E-state index contributed by atoms with van der Waals surface area (Å²) in [6, 6.07) is 14.6. The molecule has 0 radical (unpaired) electrons. The lowest BCUT2D eigenvalue weighted by molar-refractivity contribution is -0.111. The van der Waals surface area contributed by atoms with Gasteiger partial charge in [-0.25, -0.2) is 0 Å². The van der Waals surface area contributed by atoms with Crippen molar-refractivity contribution in [1.29, 1.82) is 0 Å². The van der Waals surface area contributed by atoms with Crippen molar-refractivity contribution >= 4 is 29.0 Å². The fraction of sp³-hybridized carbons (Fsp3) is 0. The first-order valence-electron chi connectivity index (χ1n) is 7.79. The summed E-state index contributed by atoms with van der Waals surface area (Å²) in [5, 5.41) is 8.78. The summed E-state index contributed by atoms with van der Waals surface area (Å²) in [5.74, 6) is 1.19. The van der Waals surface area contributed by atoms with E-state index in [0.717, 1.165) is 4.88 Å². The highest BCUT2D eigenvalue weighted by Crippen LogP contribution is 2.29. The smallest absolute Gasteiger partial charge is 0.260 e. The molecule has 3 aromatic heterocycles. The standard InChI is InChI=1S/C19H13N3O3S/c23-17(10-9-13-5-3-11-24-13)20-15-7-2-1-6-14(15)19-21-18(22-25-19)16-8-4-12-26-16/h1-12H,(H,20,23)/b10-9+. The van der Waals surface area contributed by atoms with E-state index in [9.17, 15) is 4.79 Å². The Hall–Kier alpha value is -3.45. The predicted molar refractivity (Wildman–Crippen MR) is 99.4 cm³/mol. The van der Waals surface area contributed by atoms with Gasteiger partial charge in [0, 0.05) is 6.08 Å². The highest BCUT2D eigenvalue weighted by Gasteiger charge is 2.15. The van der Waals surface area contributed by atoms with E-state index < -0.39 is 0 Å². The van der Waals surface area contributed by atoms with E-state index in [1.165, 1.54) is 17.4 Å². The number of aromatic nitrogens is 2. The van der Waals surface area contributed by atoms with Crippen LogP contribution in [0.5, 0.6) is 0 Å². The molecule has 0 saturated carbocycles. The van der Waals surface area contributed by atoms with Gasteiger partial charge in [-0.3, -0.25) is 4.79 Å². The highest BCUT2D eigenvalue weighted by molar-refractivity contribution is 7.13. The van der Waals surface area contributed by atoms with Gasteiger partial charge in [0.2, 0.25) is 11.7 Å². The van der Waals surface area contributed by atoms with Crippen molar-refractivity contribution in [3.63, 3.8) is 0 Å². The summed E-state index contributed by atoms with van der Waals surface area (Å²) in [7, 11) is 0. The van der Waals surface area contributed by atoms with Crippen molar-refractivity contribution in [3.8, 4) is 22.2 Å². The van der Waals surface area contributed by atoms with Gasteiger partial charge in [-0.1, -0.05) is 23.4 Å². The molecule has 0 atom stereocenters. The number of carbonyl (C=O) groups is 1. The Morgan fingerprint density at radius 1 is 1.12 bits per heavy atom. The number of benzene rings is 1. The number of anilines is 1. The van der Waals surface area contributed by atoms with Crippen LogP contribution in [0.4, 0.5) is 5.69 Å². The van der Waals surface area contributed by atoms with Gasteiger partial charge in [0.15, 0.2) is 0 Å². The number of hydrogen-bond acceptors (Lipinski definition) is 6. The Kier molecular flexibility index (Phi) is 4.44. The lowest BCUT2D eigenvalue weighted by Crippen LogP contribution is -2.08. The summed E-state index contributed by atoms with van der Waals surface area (Å²) in [6.45, 7) is 0. The zero-order valence-electron chi connectivity index (χ0n) is 13.5. The second-order valence-electron chi connectivity index (χ2n) is 5.28. The molecule has 0 aliphatic rings. The summed E-state index contributed by atoms with van der Waals surface area (Å²) in [4.78, 5) is 17.5. The van der Waals surface area contributed by atoms with E-state index in [-0.39, 0.29) is 5.91 Å². The third-order valence-corrected chi connectivity index (χ3v) is 4.39. The van der Waals surface area contributed by atoms with Gasteiger partial charge in [0.05, 0.1) is 22.4 Å². The van der Waals surface area contributed by atoms with Crippen molar-refractivity contribution in [2.24, 2.45) is 0 Å². The molecular weight excluding hydrogens is 350 g/mol. The van der Waals surface area contributed by atoms with Crippen molar-refractivity contribution in [3.05, 3.63) is 72.0 Å². The molecule has 4 aromatic rings. The maximum absolute atomic E-state index is 12.2. The molecule has 0 bridgehead atoms. The van der Waals surface area contributed by atoms with Gasteiger partial charge < -0.3 is 14.3 Å². The van der Waals surface area contributed by atoms with Crippen LogP contribution in [0.25, 0.3) is 28.2 Å². The summed E-state index contributed by atoms with van der Waals surface area (Å²) < 4.78 is 10.5. The number of hydrogen-bond donors (Lipinski definition) is 1. The molecule has 0 aliphatic heterocycles. The molecule has 6 nitrogen and oxygen atoms in total. The minimum absolute atomic E-state index is 0.285. The zero-order chi connectivity index (χ0) is 17.8. The Morgan fingerprint density at radius 3 is 2.85 bits per heavy atom. The second kappa shape index (κ2) is 7.20. The number of rotatable bonds is 5. The zero-order valence-corrected chi connectivity index (χ0v) is 14.3. The van der Waals surface area contributed by atoms with Gasteiger partial charge in [0.1, 0.15) is 5.76 Å². The van der Waals surface area contributed by atoms with E-state index in [4.69, 9.17) is 8.94 Å². The molecule has 0 aliphatic carbocycles. The lowest BCUT2D eigenvalue weighted by atomic mass is 10.1. The quantitative estimate of drug-likeness (QED) is 0.519. The Bertz CT molecular complexity index is 1030. The number of nitrogens with one attached hydrogen (secondary N) is 1. The number of amides is 1. The molecule has 26 heavy (non-hydrogen) atoms. The Labute approximate surface area is 152 Å². The van der Waals surface area contributed by atoms with E-state index in [2.05, 4.69) is 15.5 Å². The molecule has 1 amide bonds. The maximum atomic E-state index is 12.2. The molecule has 0 saturated heterocycles. The number of para-hydroxylation sites is 1. The average Bonchev–Trinajstić information content (AvgIpc) is 3.42. The van der Waals surface area contributed by atoms with E-state index in [1.54, 1.807) is 30.5 Å². The van der Waals surface area contributed by atoms with Crippen molar-refractivity contribution < 1.29 is 13.7 Å². The first-order chi connectivity index (χ1) is 12.8. The minimum atomic E-state index is -0.285. The predicted octanol–water partition coefficient (Wildman–Crippen LogP) is 4.71. The molecular formula is C19H13N3O3S. The average molecular weight is 363 g/mol. The minimum Gasteiger partial charge on any atom is -0.465 e. The fourth-order valence-corrected chi connectivity index (χ4v) is 2.98. The molecule has 7 heteroatoms. The maximum Gasteiger partial charge on any atom is 0.260 e. The van der Waals surface area contributed by atoms with Gasteiger partial charge in [-0.05, 0) is 41.8 Å². The third kappa shape index (κ3) is 3.47. The molecule has 1 aromatic carbocycles. The van der Waals surface area contributed by atoms with E-state index >= 15 is 0 Å². The van der Waals surface area contributed by atoms with Crippen LogP contribution in [-0.4, -0.2) is 16.0 Å². The lowest BCUT2D eigenvalue weighted by Gasteiger charge is -2.06. The van der Waals surface area contributed by atoms with Crippen LogP contribution in [-0.2, 0) is 4.79 Å². The number of nitrogens with zero attached hydrogens (tertiary/aromatic N) is 2. The molecule has 4 rings (SSSR count). The second-order valence-corrected chi connectivity index (χ2v) is 6.23. The van der Waals surface area contributed by atoms with Crippen LogP contribution < -0.4 is 5.32 Å². The summed E-state index contributed by atoms with van der Waals surface area (Å²) >= 11 is 1.53. The first kappa shape index (κ1) is 16.0. The molecule has 0 fully saturated rings. The Morgan fingerprint density at radius 2 is 2.04 bits per heavy atom. The van der Waals surface area contributed by atoms with E-state index in [0.29, 0.717) is 28.7 Å².